The number of amides is 1. The molecule has 8 heteroatoms. The van der Waals surface area contributed by atoms with Crippen LogP contribution in [0.25, 0.3) is 0 Å². The third-order valence-electron chi connectivity index (χ3n) is 6.37. The van der Waals surface area contributed by atoms with Gasteiger partial charge in [0, 0.05) is 46.7 Å². The molecule has 194 valence electrons. The summed E-state index contributed by atoms with van der Waals surface area (Å²) in [6.07, 6.45) is 3.20. The van der Waals surface area contributed by atoms with Crippen molar-refractivity contribution in [2.24, 2.45) is 0 Å². The SMILES string of the molecule is CCCCC(=O)NC1(c2ccc(C(C)C)cc2OC(=O)CCCC)C(=O)c2cccc(N)c2C1=O.[Fe]. The molecule has 1 unspecified atom stereocenters. The Labute approximate surface area is 223 Å². The first-order chi connectivity index (χ1) is 16.7. The molecule has 0 saturated carbocycles. The number of rotatable bonds is 10. The van der Waals surface area contributed by atoms with Crippen LogP contribution in [0.5, 0.6) is 5.75 Å². The van der Waals surface area contributed by atoms with E-state index in [1.54, 1.807) is 30.3 Å². The number of benzene rings is 2. The van der Waals surface area contributed by atoms with Crippen molar-refractivity contribution in [3.8, 4) is 5.75 Å². The number of ketones is 2. The fourth-order valence-corrected chi connectivity index (χ4v) is 4.33. The van der Waals surface area contributed by atoms with Gasteiger partial charge in [-0.25, -0.2) is 0 Å². The molecular weight excluding hydrogens is 500 g/mol. The van der Waals surface area contributed by atoms with Crippen LogP contribution in [0.3, 0.4) is 0 Å². The number of Topliss-reactive ketones (excluding diaryl/α,β-unsaturated/α-hetero) is 2. The second-order valence-corrected chi connectivity index (χ2v) is 9.32. The van der Waals surface area contributed by atoms with Crippen molar-refractivity contribution in [3.05, 3.63) is 58.7 Å². The summed E-state index contributed by atoms with van der Waals surface area (Å²) in [7, 11) is 0. The molecule has 2 aromatic carbocycles. The molecule has 0 spiro atoms. The molecule has 7 nitrogen and oxygen atoms in total. The second-order valence-electron chi connectivity index (χ2n) is 9.32. The molecule has 1 amide bonds. The van der Waals surface area contributed by atoms with E-state index in [9.17, 15) is 19.2 Å². The topological polar surface area (TPSA) is 116 Å². The van der Waals surface area contributed by atoms with E-state index >= 15 is 0 Å². The summed E-state index contributed by atoms with van der Waals surface area (Å²) in [5, 5.41) is 2.74. The van der Waals surface area contributed by atoms with E-state index in [1.807, 2.05) is 27.7 Å². The van der Waals surface area contributed by atoms with Gasteiger partial charge in [0.2, 0.25) is 17.5 Å². The van der Waals surface area contributed by atoms with E-state index < -0.39 is 29.0 Å². The quantitative estimate of drug-likeness (QED) is 0.145. The van der Waals surface area contributed by atoms with Crippen LogP contribution in [0.1, 0.15) is 104 Å². The Balaban J connectivity index is 0.00000456. The Hall–Kier alpha value is -2.96. The molecule has 3 N–H and O–H groups in total. The summed E-state index contributed by atoms with van der Waals surface area (Å²) >= 11 is 0. The molecule has 0 radical (unpaired) electrons. The van der Waals surface area contributed by atoms with Gasteiger partial charge in [-0.1, -0.05) is 64.8 Å². The first-order valence-corrected chi connectivity index (χ1v) is 12.3. The van der Waals surface area contributed by atoms with Crippen molar-refractivity contribution >= 4 is 29.1 Å². The maximum Gasteiger partial charge on any atom is 0.311 e. The minimum absolute atomic E-state index is 0. The van der Waals surface area contributed by atoms with Crippen molar-refractivity contribution in [1.82, 2.24) is 5.32 Å². The third kappa shape index (κ3) is 5.55. The Morgan fingerprint density at radius 3 is 2.28 bits per heavy atom. The predicted molar refractivity (Wildman–Crippen MR) is 135 cm³/mol. The van der Waals surface area contributed by atoms with Crippen LogP contribution in [0, 0.1) is 0 Å². The normalized spacial score (nSPS) is 16.5. The van der Waals surface area contributed by atoms with Crippen LogP contribution >= 0.6 is 0 Å². The molecule has 1 aliphatic carbocycles. The maximum atomic E-state index is 13.9. The first-order valence-electron chi connectivity index (χ1n) is 12.3. The smallest absolute Gasteiger partial charge is 0.311 e. The molecule has 1 aliphatic rings. The van der Waals surface area contributed by atoms with Crippen molar-refractivity contribution in [1.29, 1.82) is 0 Å². The van der Waals surface area contributed by atoms with Gasteiger partial charge in [-0.05, 0) is 36.5 Å². The average molecular weight is 534 g/mol. The van der Waals surface area contributed by atoms with Gasteiger partial charge < -0.3 is 15.8 Å². The number of nitrogens with one attached hydrogen (secondary N) is 1. The fraction of sp³-hybridized carbons (Fsp3) is 0.429. The minimum Gasteiger partial charge on any atom is -0.426 e. The summed E-state index contributed by atoms with van der Waals surface area (Å²) in [6, 6.07) is 9.75. The molecule has 0 fully saturated rings. The van der Waals surface area contributed by atoms with Crippen LogP contribution in [0.2, 0.25) is 0 Å². The number of carbonyl (C=O) groups excluding carboxylic acids is 4. The van der Waals surface area contributed by atoms with Crippen LogP contribution < -0.4 is 15.8 Å². The van der Waals surface area contributed by atoms with E-state index in [0.717, 1.165) is 18.4 Å². The Kier molecular flexibility index (Phi) is 10.0. The van der Waals surface area contributed by atoms with Crippen LogP contribution in [-0.4, -0.2) is 23.4 Å². The zero-order valence-corrected chi connectivity index (χ0v) is 22.4. The summed E-state index contributed by atoms with van der Waals surface area (Å²) < 4.78 is 5.74. The van der Waals surface area contributed by atoms with Crippen molar-refractivity contribution in [2.75, 3.05) is 5.73 Å². The van der Waals surface area contributed by atoms with E-state index in [-0.39, 0.29) is 64.0 Å². The fourth-order valence-electron chi connectivity index (χ4n) is 4.33. The maximum absolute atomic E-state index is 13.9. The van der Waals surface area contributed by atoms with Gasteiger partial charge in [0.15, 0.2) is 5.54 Å². The molecule has 0 bridgehead atoms. The molecule has 3 rings (SSSR count). The van der Waals surface area contributed by atoms with Gasteiger partial charge in [-0.3, -0.25) is 19.2 Å². The van der Waals surface area contributed by atoms with Gasteiger partial charge in [-0.15, -0.1) is 0 Å². The number of nitrogen functional groups attached to an aromatic ring is 1. The third-order valence-corrected chi connectivity index (χ3v) is 6.37. The first kappa shape index (κ1) is 29.3. The number of hydrogen-bond acceptors (Lipinski definition) is 6. The molecular formula is C28H34FeN2O5. The van der Waals surface area contributed by atoms with Crippen molar-refractivity contribution in [2.45, 2.75) is 77.7 Å². The number of esters is 1. The van der Waals surface area contributed by atoms with Crippen molar-refractivity contribution in [3.63, 3.8) is 0 Å². The summed E-state index contributed by atoms with van der Waals surface area (Å²) in [6.45, 7) is 7.89. The molecule has 1 atom stereocenters. The number of hydrogen-bond donors (Lipinski definition) is 2. The van der Waals surface area contributed by atoms with Crippen molar-refractivity contribution < 1.29 is 41.0 Å². The number of fused-ring (bicyclic) bond motifs is 1. The summed E-state index contributed by atoms with van der Waals surface area (Å²) in [4.78, 5) is 53.4. The van der Waals surface area contributed by atoms with Crippen LogP contribution in [-0.2, 0) is 32.2 Å². The van der Waals surface area contributed by atoms with Gasteiger partial charge >= 0.3 is 5.97 Å². The van der Waals surface area contributed by atoms with E-state index in [2.05, 4.69) is 5.32 Å². The Morgan fingerprint density at radius 2 is 1.67 bits per heavy atom. The number of anilines is 1. The molecule has 2 aromatic rings. The zero-order valence-electron chi connectivity index (χ0n) is 21.3. The van der Waals surface area contributed by atoms with Crippen LogP contribution in [0.4, 0.5) is 5.69 Å². The number of nitrogens with two attached hydrogens (primary N) is 1. The molecule has 0 heterocycles. The minimum atomic E-state index is -2.06. The van der Waals surface area contributed by atoms with E-state index in [4.69, 9.17) is 10.5 Å². The largest absolute Gasteiger partial charge is 0.426 e. The monoisotopic (exact) mass is 534 g/mol. The van der Waals surface area contributed by atoms with Gasteiger partial charge in [0.25, 0.3) is 0 Å². The Morgan fingerprint density at radius 1 is 1.00 bits per heavy atom. The number of unbranched alkanes of at least 4 members (excludes halogenated alkanes) is 2. The molecule has 0 saturated heterocycles. The second kappa shape index (κ2) is 12.3. The average Bonchev–Trinajstić information content (AvgIpc) is 3.04. The summed E-state index contributed by atoms with van der Waals surface area (Å²) in [5.74, 6) is -1.90. The van der Waals surface area contributed by atoms with Gasteiger partial charge in [0.05, 0.1) is 5.56 Å². The molecule has 0 aromatic heterocycles. The Bertz CT molecular complexity index is 1160. The number of ether oxygens (including phenoxy) is 1. The van der Waals surface area contributed by atoms with Gasteiger partial charge in [-0.2, -0.15) is 0 Å². The molecule has 36 heavy (non-hydrogen) atoms. The summed E-state index contributed by atoms with van der Waals surface area (Å²) in [5.41, 5.74) is 5.43. The number of carbonyl (C=O) groups is 4. The molecule has 0 aliphatic heterocycles. The van der Waals surface area contributed by atoms with Crippen LogP contribution in [0.15, 0.2) is 36.4 Å². The van der Waals surface area contributed by atoms with E-state index in [1.165, 1.54) is 6.07 Å². The van der Waals surface area contributed by atoms with Gasteiger partial charge in [0.1, 0.15) is 5.75 Å². The standard InChI is InChI=1S/C28H34N2O5.Fe/c1-5-7-12-23(31)30-28(26(33)19-10-9-11-21(29)25(19)27(28)34)20-15-14-18(17(3)4)16-22(20)35-24(32)13-8-6-2;/h9-11,14-17H,5-8,12-13,29H2,1-4H3,(H,30,31);. The van der Waals surface area contributed by atoms with E-state index in [0.29, 0.717) is 12.8 Å². The predicted octanol–water partition coefficient (Wildman–Crippen LogP) is 5.07. The zero-order chi connectivity index (χ0) is 25.8.